The Bertz CT molecular complexity index is 1560. The summed E-state index contributed by atoms with van der Waals surface area (Å²) in [6, 6.07) is 14.0. The van der Waals surface area contributed by atoms with Gasteiger partial charge in [0.1, 0.15) is 23.5 Å². The van der Waals surface area contributed by atoms with Gasteiger partial charge in [0.05, 0.1) is 23.4 Å². The number of nitrogens with zero attached hydrogens (tertiary/aromatic N) is 1. The molecule has 1 heterocycles. The van der Waals surface area contributed by atoms with Gasteiger partial charge in [-0.25, -0.2) is 30.3 Å². The number of fused-ring (bicyclic) bond motifs is 1. The lowest BCUT2D eigenvalue weighted by molar-refractivity contribution is 0.159. The fourth-order valence-corrected chi connectivity index (χ4v) is 7.24. The van der Waals surface area contributed by atoms with Crippen LogP contribution in [0.5, 0.6) is 5.75 Å². The maximum absolute atomic E-state index is 14.5. The number of hydrogen-bond acceptors (Lipinski definition) is 5. The van der Waals surface area contributed by atoms with Crippen LogP contribution in [0.2, 0.25) is 0 Å². The van der Waals surface area contributed by atoms with Crippen LogP contribution in [0.15, 0.2) is 65.6 Å². The zero-order valence-electron chi connectivity index (χ0n) is 20.8. The first kappa shape index (κ1) is 27.0. The van der Waals surface area contributed by atoms with Crippen molar-refractivity contribution in [3.8, 4) is 16.9 Å². The first-order valence-electron chi connectivity index (χ1n) is 11.5. The fraction of sp³-hybridized carbons (Fsp3) is 0.308. The monoisotopic (exact) mass is 550 g/mol. The molecule has 0 aromatic heterocycles. The van der Waals surface area contributed by atoms with E-state index in [0.29, 0.717) is 0 Å². The predicted molar refractivity (Wildman–Crippen MR) is 139 cm³/mol. The second kappa shape index (κ2) is 9.70. The molecule has 4 rings (SSSR count). The zero-order valence-corrected chi connectivity index (χ0v) is 22.5. The molecule has 198 valence electrons. The van der Waals surface area contributed by atoms with E-state index in [4.69, 9.17) is 4.74 Å². The molecule has 0 radical (unpaired) electrons. The van der Waals surface area contributed by atoms with E-state index >= 15 is 0 Å². The van der Waals surface area contributed by atoms with Gasteiger partial charge in [0.25, 0.3) is 10.0 Å². The van der Waals surface area contributed by atoms with Crippen LogP contribution in [-0.2, 0) is 20.0 Å². The molecule has 1 aliphatic heterocycles. The first-order chi connectivity index (χ1) is 17.1. The number of anilines is 1. The lowest BCUT2D eigenvalue weighted by atomic mass is 9.97. The Hall–Kier alpha value is -3.02. The Kier molecular flexibility index (Phi) is 7.08. The zero-order chi connectivity index (χ0) is 27.2. The molecule has 0 bridgehead atoms. The van der Waals surface area contributed by atoms with Crippen LogP contribution in [0.25, 0.3) is 11.1 Å². The summed E-state index contributed by atoms with van der Waals surface area (Å²) in [6.45, 7) is 5.02. The first-order valence-corrected chi connectivity index (χ1v) is 14.8. The van der Waals surface area contributed by atoms with Gasteiger partial charge >= 0.3 is 0 Å². The average molecular weight is 551 g/mol. The number of hydrogen-bond donors (Lipinski definition) is 1. The van der Waals surface area contributed by atoms with Gasteiger partial charge in [-0.05, 0) is 74.4 Å². The molecule has 7 nitrogen and oxygen atoms in total. The smallest absolute Gasteiger partial charge is 0.264 e. The Morgan fingerprint density at radius 1 is 1.03 bits per heavy atom. The number of halogens is 2. The van der Waals surface area contributed by atoms with E-state index in [1.807, 2.05) is 0 Å². The van der Waals surface area contributed by atoms with Gasteiger partial charge in [-0.15, -0.1) is 0 Å². The second-order valence-electron chi connectivity index (χ2n) is 9.86. The Balaban J connectivity index is 1.81. The van der Waals surface area contributed by atoms with Crippen LogP contribution in [0.1, 0.15) is 25.8 Å². The van der Waals surface area contributed by atoms with Gasteiger partial charge in [-0.1, -0.05) is 18.2 Å². The van der Waals surface area contributed by atoms with E-state index in [1.165, 1.54) is 28.6 Å². The van der Waals surface area contributed by atoms with Crippen LogP contribution >= 0.6 is 0 Å². The molecule has 1 N–H and O–H groups in total. The third kappa shape index (κ3) is 6.11. The highest BCUT2D eigenvalue weighted by molar-refractivity contribution is 7.92. The summed E-state index contributed by atoms with van der Waals surface area (Å²) in [5, 5.41) is 0. The van der Waals surface area contributed by atoms with Gasteiger partial charge in [-0.3, -0.25) is 4.31 Å². The number of sulfonamides is 2. The molecular formula is C26H28F2N2O5S2. The Morgan fingerprint density at radius 3 is 2.43 bits per heavy atom. The third-order valence-corrected chi connectivity index (χ3v) is 8.61. The summed E-state index contributed by atoms with van der Waals surface area (Å²) in [4.78, 5) is 0.0648. The molecule has 11 heteroatoms. The molecule has 0 amide bonds. The second-order valence-corrected chi connectivity index (χ2v) is 13.5. The summed E-state index contributed by atoms with van der Waals surface area (Å²) >= 11 is 0. The summed E-state index contributed by atoms with van der Waals surface area (Å²) < 4.78 is 89.6. The number of nitrogens with one attached hydrogen (secondary N) is 1. The quantitative estimate of drug-likeness (QED) is 0.464. The summed E-state index contributed by atoms with van der Waals surface area (Å²) in [6.07, 6.45) is 0.514. The molecule has 0 aliphatic carbocycles. The van der Waals surface area contributed by atoms with Gasteiger partial charge in [0.2, 0.25) is 10.0 Å². The molecule has 3 aromatic carbocycles. The predicted octanol–water partition coefficient (Wildman–Crippen LogP) is 4.61. The van der Waals surface area contributed by atoms with Crippen molar-refractivity contribution in [2.75, 3.05) is 17.1 Å². The van der Waals surface area contributed by atoms with Gasteiger partial charge in [-0.2, -0.15) is 0 Å². The maximum atomic E-state index is 14.5. The third-order valence-electron chi connectivity index (χ3n) is 5.91. The highest BCUT2D eigenvalue weighted by atomic mass is 32.2. The topological polar surface area (TPSA) is 92.8 Å². The minimum Gasteiger partial charge on any atom is -0.486 e. The highest BCUT2D eigenvalue weighted by Crippen LogP contribution is 2.41. The van der Waals surface area contributed by atoms with E-state index in [2.05, 4.69) is 4.72 Å². The van der Waals surface area contributed by atoms with Crippen molar-refractivity contribution in [3.05, 3.63) is 77.9 Å². The van der Waals surface area contributed by atoms with Crippen LogP contribution in [-0.4, -0.2) is 41.3 Å². The lowest BCUT2D eigenvalue weighted by Crippen LogP contribution is -2.50. The van der Waals surface area contributed by atoms with Crippen LogP contribution < -0.4 is 13.8 Å². The van der Waals surface area contributed by atoms with E-state index in [-0.39, 0.29) is 40.4 Å². The Morgan fingerprint density at radius 2 is 1.76 bits per heavy atom. The number of aryl methyl sites for hydroxylation is 1. The number of rotatable bonds is 7. The van der Waals surface area contributed by atoms with Gasteiger partial charge in [0.15, 0.2) is 0 Å². The van der Waals surface area contributed by atoms with Crippen molar-refractivity contribution < 1.29 is 30.4 Å². The van der Waals surface area contributed by atoms with Crippen LogP contribution in [0, 0.1) is 18.6 Å². The molecule has 0 fully saturated rings. The molecule has 0 saturated carbocycles. The molecule has 1 aliphatic rings. The van der Waals surface area contributed by atoms with Crippen molar-refractivity contribution in [1.29, 1.82) is 0 Å². The molecule has 0 spiro atoms. The number of ether oxygens (including phenoxy) is 1. The SMILES string of the molecule is Cc1cccc(S(=O)(=O)N2C[C@@H](CC(C)(C)NS(C)(=O)=O)Oc3ccc(-c4cc(F)ccc4F)cc32)c1. The maximum Gasteiger partial charge on any atom is 0.264 e. The lowest BCUT2D eigenvalue weighted by Gasteiger charge is -2.38. The summed E-state index contributed by atoms with van der Waals surface area (Å²) in [5.41, 5.74) is 0.254. The molecule has 1 atom stereocenters. The van der Waals surface area contributed by atoms with Crippen LogP contribution in [0.4, 0.5) is 14.5 Å². The van der Waals surface area contributed by atoms with Crippen LogP contribution in [0.3, 0.4) is 0 Å². The van der Waals surface area contributed by atoms with Gasteiger partial charge in [0, 0.05) is 17.5 Å². The van der Waals surface area contributed by atoms with E-state index in [9.17, 15) is 25.6 Å². The van der Waals surface area contributed by atoms with E-state index < -0.39 is 43.3 Å². The molecule has 0 unspecified atom stereocenters. The van der Waals surface area contributed by atoms with Gasteiger partial charge < -0.3 is 4.74 Å². The Labute approximate surface area is 216 Å². The fourth-order valence-electron chi connectivity index (χ4n) is 4.55. The molecule has 37 heavy (non-hydrogen) atoms. The van der Waals surface area contributed by atoms with Crippen molar-refractivity contribution in [3.63, 3.8) is 0 Å². The highest BCUT2D eigenvalue weighted by Gasteiger charge is 2.38. The standard InChI is InChI=1S/C26H28F2N2O5S2/c1-17-6-5-7-21(12-17)37(33,34)30-16-20(15-26(2,3)29-36(4,31)32)35-25-11-8-18(13-24(25)30)22-14-19(27)9-10-23(22)28/h5-14,20,29H,15-16H2,1-4H3/t20-/m1/s1. The molecule has 0 saturated heterocycles. The van der Waals surface area contributed by atoms with Crippen molar-refractivity contribution >= 4 is 25.7 Å². The van der Waals surface area contributed by atoms with E-state index in [1.54, 1.807) is 39.0 Å². The van der Waals surface area contributed by atoms with E-state index in [0.717, 1.165) is 30.0 Å². The minimum absolute atomic E-state index is 0.0173. The summed E-state index contributed by atoms with van der Waals surface area (Å²) in [5.74, 6) is -1.06. The normalized spacial score (nSPS) is 16.3. The minimum atomic E-state index is -4.09. The number of benzene rings is 3. The largest absolute Gasteiger partial charge is 0.486 e. The van der Waals surface area contributed by atoms with Crippen molar-refractivity contribution in [2.24, 2.45) is 0 Å². The average Bonchev–Trinajstić information content (AvgIpc) is 2.78. The van der Waals surface area contributed by atoms with Crippen molar-refractivity contribution in [1.82, 2.24) is 4.72 Å². The van der Waals surface area contributed by atoms with Crippen molar-refractivity contribution in [2.45, 2.75) is 43.7 Å². The molecular weight excluding hydrogens is 522 g/mol. The molecule has 3 aromatic rings. The summed E-state index contributed by atoms with van der Waals surface area (Å²) in [7, 11) is -7.62.